The first-order valence-electron chi connectivity index (χ1n) is 7.78. The summed E-state index contributed by atoms with van der Waals surface area (Å²) in [6.45, 7) is 5.97. The number of nitrogens with zero attached hydrogens (tertiary/aromatic N) is 2. The maximum Gasteiger partial charge on any atom is 0.263 e. The number of thiophene rings is 1. The summed E-state index contributed by atoms with van der Waals surface area (Å²) >= 11 is 3.12. The maximum absolute atomic E-state index is 12.0. The zero-order valence-electron chi connectivity index (χ0n) is 14.5. The molecule has 138 valence electrons. The Kier molecular flexibility index (Phi) is 9.98. The molecule has 2 aromatic heterocycles. The molecule has 0 fully saturated rings. The SMILES string of the molecule is CN=C(NCCNC(=O)c1scnc1C)NCC(C)c1cccs1.I. The van der Waals surface area contributed by atoms with Crippen molar-refractivity contribution in [1.29, 1.82) is 0 Å². The van der Waals surface area contributed by atoms with Gasteiger partial charge in [0.1, 0.15) is 4.88 Å². The second-order valence-corrected chi connectivity index (χ2v) is 7.15. The van der Waals surface area contributed by atoms with Crippen LogP contribution in [0.15, 0.2) is 28.0 Å². The van der Waals surface area contributed by atoms with Gasteiger partial charge in [-0.05, 0) is 18.4 Å². The fourth-order valence-corrected chi connectivity index (χ4v) is 3.61. The minimum Gasteiger partial charge on any atom is -0.356 e. The number of carbonyl (C=O) groups is 1. The van der Waals surface area contributed by atoms with Crippen molar-refractivity contribution >= 4 is 58.5 Å². The van der Waals surface area contributed by atoms with E-state index in [4.69, 9.17) is 0 Å². The first kappa shape index (κ1) is 21.8. The highest BCUT2D eigenvalue weighted by molar-refractivity contribution is 14.0. The van der Waals surface area contributed by atoms with Crippen molar-refractivity contribution < 1.29 is 4.79 Å². The second-order valence-electron chi connectivity index (χ2n) is 5.32. The minimum atomic E-state index is -0.0777. The van der Waals surface area contributed by atoms with Crippen molar-refractivity contribution in [2.24, 2.45) is 4.99 Å². The van der Waals surface area contributed by atoms with Crippen LogP contribution in [0.3, 0.4) is 0 Å². The zero-order valence-corrected chi connectivity index (χ0v) is 18.5. The van der Waals surface area contributed by atoms with Crippen molar-refractivity contribution in [3.05, 3.63) is 38.5 Å². The van der Waals surface area contributed by atoms with Crippen molar-refractivity contribution in [3.8, 4) is 0 Å². The molecule has 1 atom stereocenters. The van der Waals surface area contributed by atoms with Gasteiger partial charge in [0, 0.05) is 37.5 Å². The molecule has 0 radical (unpaired) electrons. The summed E-state index contributed by atoms with van der Waals surface area (Å²) < 4.78 is 0. The molecule has 1 amide bonds. The largest absolute Gasteiger partial charge is 0.356 e. The van der Waals surface area contributed by atoms with E-state index in [1.165, 1.54) is 16.2 Å². The normalized spacial score (nSPS) is 12.2. The van der Waals surface area contributed by atoms with Crippen LogP contribution in [0.25, 0.3) is 0 Å². The third kappa shape index (κ3) is 6.90. The summed E-state index contributed by atoms with van der Waals surface area (Å²) in [5.74, 6) is 1.09. The monoisotopic (exact) mass is 493 g/mol. The van der Waals surface area contributed by atoms with Crippen LogP contribution in [0.5, 0.6) is 0 Å². The van der Waals surface area contributed by atoms with Crippen LogP contribution in [-0.4, -0.2) is 43.5 Å². The smallest absolute Gasteiger partial charge is 0.263 e. The van der Waals surface area contributed by atoms with Crippen LogP contribution in [0.4, 0.5) is 0 Å². The Labute approximate surface area is 173 Å². The lowest BCUT2D eigenvalue weighted by atomic mass is 10.1. The number of halogens is 1. The first-order chi connectivity index (χ1) is 11.6. The van der Waals surface area contributed by atoms with E-state index in [9.17, 15) is 4.79 Å². The Morgan fingerprint density at radius 2 is 2.04 bits per heavy atom. The van der Waals surface area contributed by atoms with Crippen LogP contribution in [0.1, 0.15) is 33.1 Å². The number of nitrogens with one attached hydrogen (secondary N) is 3. The van der Waals surface area contributed by atoms with Crippen molar-refractivity contribution in [2.75, 3.05) is 26.7 Å². The fourth-order valence-electron chi connectivity index (χ4n) is 2.10. The average Bonchev–Trinajstić information content (AvgIpc) is 3.25. The van der Waals surface area contributed by atoms with Crippen LogP contribution < -0.4 is 16.0 Å². The van der Waals surface area contributed by atoms with Gasteiger partial charge in [-0.3, -0.25) is 9.79 Å². The molecule has 0 bridgehead atoms. The summed E-state index contributed by atoms with van der Waals surface area (Å²) in [5, 5.41) is 11.5. The summed E-state index contributed by atoms with van der Waals surface area (Å²) in [5.41, 5.74) is 2.45. The number of hydrogen-bond acceptors (Lipinski definition) is 5. The molecule has 0 saturated heterocycles. The Morgan fingerprint density at radius 3 is 2.64 bits per heavy atom. The summed E-state index contributed by atoms with van der Waals surface area (Å²) in [6.07, 6.45) is 0. The summed E-state index contributed by atoms with van der Waals surface area (Å²) in [7, 11) is 1.74. The maximum atomic E-state index is 12.0. The topological polar surface area (TPSA) is 78.4 Å². The van der Waals surface area contributed by atoms with E-state index < -0.39 is 0 Å². The van der Waals surface area contributed by atoms with E-state index in [0.29, 0.717) is 23.9 Å². The molecular formula is C16H24IN5OS2. The van der Waals surface area contributed by atoms with Crippen molar-refractivity contribution in [2.45, 2.75) is 19.8 Å². The van der Waals surface area contributed by atoms with Crippen molar-refractivity contribution in [3.63, 3.8) is 0 Å². The molecule has 0 aliphatic heterocycles. The molecule has 0 spiro atoms. The van der Waals surface area contributed by atoms with Gasteiger partial charge < -0.3 is 16.0 Å². The molecule has 9 heteroatoms. The molecule has 0 aliphatic rings. The van der Waals surface area contributed by atoms with Gasteiger partial charge in [0.2, 0.25) is 0 Å². The molecule has 25 heavy (non-hydrogen) atoms. The number of aromatic nitrogens is 1. The van der Waals surface area contributed by atoms with E-state index in [0.717, 1.165) is 18.2 Å². The number of thiazole rings is 1. The van der Waals surface area contributed by atoms with E-state index in [1.54, 1.807) is 23.9 Å². The molecule has 0 aliphatic carbocycles. The minimum absolute atomic E-state index is 0. The van der Waals surface area contributed by atoms with Gasteiger partial charge in [-0.2, -0.15) is 0 Å². The van der Waals surface area contributed by atoms with Gasteiger partial charge in [0.15, 0.2) is 5.96 Å². The van der Waals surface area contributed by atoms with Crippen LogP contribution in [0.2, 0.25) is 0 Å². The lowest BCUT2D eigenvalue weighted by molar-refractivity contribution is 0.0957. The van der Waals surface area contributed by atoms with Crippen molar-refractivity contribution in [1.82, 2.24) is 20.9 Å². The highest BCUT2D eigenvalue weighted by Gasteiger charge is 2.11. The molecule has 2 rings (SSSR count). The van der Waals surface area contributed by atoms with Gasteiger partial charge in [0.25, 0.3) is 5.91 Å². The highest BCUT2D eigenvalue weighted by atomic mass is 127. The molecule has 2 aromatic rings. The lowest BCUT2D eigenvalue weighted by Gasteiger charge is -2.15. The number of hydrogen-bond donors (Lipinski definition) is 3. The first-order valence-corrected chi connectivity index (χ1v) is 9.54. The number of aryl methyl sites for hydroxylation is 1. The van der Waals surface area contributed by atoms with Gasteiger partial charge in [0.05, 0.1) is 11.2 Å². The second kappa shape index (κ2) is 11.4. The Morgan fingerprint density at radius 1 is 1.28 bits per heavy atom. The standard InChI is InChI=1S/C16H23N5OS2.HI/c1-11(13-5-4-8-23-13)9-20-16(17-3)19-7-6-18-15(22)14-12(2)21-10-24-14;/h4-5,8,10-11H,6-7,9H2,1-3H3,(H,18,22)(H2,17,19,20);1H. The van der Waals surface area contributed by atoms with Crippen LogP contribution in [-0.2, 0) is 0 Å². The van der Waals surface area contributed by atoms with Gasteiger partial charge in [-0.15, -0.1) is 46.7 Å². The third-order valence-electron chi connectivity index (χ3n) is 3.48. The van der Waals surface area contributed by atoms with Gasteiger partial charge in [-0.25, -0.2) is 4.98 Å². The molecular weight excluding hydrogens is 469 g/mol. The van der Waals surface area contributed by atoms with Crippen LogP contribution in [0, 0.1) is 6.92 Å². The number of aliphatic imine (C=N–C) groups is 1. The van der Waals surface area contributed by atoms with Gasteiger partial charge in [-0.1, -0.05) is 13.0 Å². The van der Waals surface area contributed by atoms with Gasteiger partial charge >= 0.3 is 0 Å². The fraction of sp³-hybridized carbons (Fsp3) is 0.438. The Bertz CT molecular complexity index is 672. The number of rotatable bonds is 7. The molecule has 6 nitrogen and oxygen atoms in total. The molecule has 1 unspecified atom stereocenters. The number of guanidine groups is 1. The lowest BCUT2D eigenvalue weighted by Crippen LogP contribution is -2.42. The molecule has 2 heterocycles. The average molecular weight is 493 g/mol. The summed E-state index contributed by atoms with van der Waals surface area (Å²) in [6, 6.07) is 4.21. The third-order valence-corrected chi connectivity index (χ3v) is 5.51. The Balaban J connectivity index is 0.00000312. The van der Waals surface area contributed by atoms with Crippen LogP contribution >= 0.6 is 46.7 Å². The Hall–Kier alpha value is -1.20. The molecule has 0 aromatic carbocycles. The number of carbonyl (C=O) groups excluding carboxylic acids is 1. The predicted molar refractivity (Wildman–Crippen MR) is 117 cm³/mol. The van der Waals surface area contributed by atoms with E-state index in [-0.39, 0.29) is 29.9 Å². The molecule has 0 saturated carbocycles. The molecule has 3 N–H and O–H groups in total. The zero-order chi connectivity index (χ0) is 17.4. The van der Waals surface area contributed by atoms with E-state index in [2.05, 4.69) is 50.4 Å². The summed E-state index contributed by atoms with van der Waals surface area (Å²) in [4.78, 5) is 22.3. The van der Waals surface area contributed by atoms with E-state index >= 15 is 0 Å². The highest BCUT2D eigenvalue weighted by Crippen LogP contribution is 2.19. The number of amides is 1. The predicted octanol–water partition coefficient (Wildman–Crippen LogP) is 2.83. The quantitative estimate of drug-likeness (QED) is 0.240. The van der Waals surface area contributed by atoms with E-state index in [1.807, 2.05) is 6.92 Å².